The summed E-state index contributed by atoms with van der Waals surface area (Å²) in [5.74, 6) is -0.636. The highest BCUT2D eigenvalue weighted by Crippen LogP contribution is 2.23. The Morgan fingerprint density at radius 1 is 1.19 bits per heavy atom. The van der Waals surface area contributed by atoms with E-state index in [1.165, 1.54) is 23.5 Å². The third-order valence-electron chi connectivity index (χ3n) is 4.29. The van der Waals surface area contributed by atoms with Gasteiger partial charge in [-0.3, -0.25) is 24.3 Å². The van der Waals surface area contributed by atoms with E-state index in [1.54, 1.807) is 11.6 Å². The van der Waals surface area contributed by atoms with Gasteiger partial charge in [0, 0.05) is 7.05 Å². The largest absolute Gasteiger partial charge is 0.320 e. The lowest BCUT2D eigenvalue weighted by Gasteiger charge is -2.07. The van der Waals surface area contributed by atoms with Crippen molar-refractivity contribution in [3.63, 3.8) is 0 Å². The van der Waals surface area contributed by atoms with Crippen molar-refractivity contribution in [2.75, 3.05) is 5.32 Å². The first-order valence-corrected chi connectivity index (χ1v) is 8.35. The molecule has 0 aliphatic carbocycles. The second-order valence-corrected chi connectivity index (χ2v) is 6.44. The van der Waals surface area contributed by atoms with Gasteiger partial charge in [-0.15, -0.1) is 0 Å². The molecule has 0 saturated carbocycles. The van der Waals surface area contributed by atoms with Crippen molar-refractivity contribution in [2.24, 2.45) is 7.05 Å². The Labute approximate surface area is 155 Å². The standard InChI is InChI=1S/C18H20N6O3/c1-11-5-7-14(8-6-11)9-23-13(3)16(12(2)20-23)19-18(25)17-15(24(26)27)10-22(4)21-17/h5-8,10H,9H2,1-4H3,(H,19,25). The van der Waals surface area contributed by atoms with E-state index in [0.717, 1.165) is 11.3 Å². The van der Waals surface area contributed by atoms with Crippen LogP contribution in [0.1, 0.15) is 33.0 Å². The van der Waals surface area contributed by atoms with Gasteiger partial charge in [0.2, 0.25) is 5.69 Å². The van der Waals surface area contributed by atoms with Crippen LogP contribution in [0.4, 0.5) is 11.4 Å². The van der Waals surface area contributed by atoms with E-state index in [1.807, 2.05) is 38.1 Å². The number of hydrogen-bond donors (Lipinski definition) is 1. The average molecular weight is 368 g/mol. The number of nitrogens with one attached hydrogen (secondary N) is 1. The summed E-state index contributed by atoms with van der Waals surface area (Å²) in [5, 5.41) is 22.2. The minimum atomic E-state index is -0.636. The molecule has 0 aliphatic heterocycles. The van der Waals surface area contributed by atoms with Crippen molar-refractivity contribution in [2.45, 2.75) is 27.3 Å². The van der Waals surface area contributed by atoms with Crippen molar-refractivity contribution in [1.82, 2.24) is 19.6 Å². The van der Waals surface area contributed by atoms with Crippen LogP contribution >= 0.6 is 0 Å². The van der Waals surface area contributed by atoms with Gasteiger partial charge < -0.3 is 5.32 Å². The van der Waals surface area contributed by atoms with Crippen LogP contribution in [0.15, 0.2) is 30.5 Å². The number of carbonyl (C=O) groups is 1. The maximum absolute atomic E-state index is 12.5. The Bertz CT molecular complexity index is 1020. The highest BCUT2D eigenvalue weighted by Gasteiger charge is 2.26. The molecule has 1 aromatic carbocycles. The maximum atomic E-state index is 12.5. The van der Waals surface area contributed by atoms with Crippen molar-refractivity contribution >= 4 is 17.3 Å². The number of hydrogen-bond acceptors (Lipinski definition) is 5. The topological polar surface area (TPSA) is 108 Å². The zero-order valence-electron chi connectivity index (χ0n) is 15.6. The molecule has 0 aliphatic rings. The molecular formula is C18H20N6O3. The molecule has 0 unspecified atom stereocenters. The van der Waals surface area contributed by atoms with Gasteiger partial charge in [-0.25, -0.2) is 0 Å². The fourth-order valence-corrected chi connectivity index (χ4v) is 2.84. The molecule has 0 bridgehead atoms. The SMILES string of the molecule is Cc1ccc(Cn2nc(C)c(NC(=O)c3nn(C)cc3[N+](=O)[O-])c2C)cc1. The van der Waals surface area contributed by atoms with Gasteiger partial charge in [-0.2, -0.15) is 10.2 Å². The van der Waals surface area contributed by atoms with Crippen molar-refractivity contribution in [1.29, 1.82) is 0 Å². The van der Waals surface area contributed by atoms with E-state index in [9.17, 15) is 14.9 Å². The first-order valence-electron chi connectivity index (χ1n) is 8.35. The summed E-state index contributed by atoms with van der Waals surface area (Å²) in [6, 6.07) is 8.12. The fraction of sp³-hybridized carbons (Fsp3) is 0.278. The van der Waals surface area contributed by atoms with Gasteiger partial charge in [0.25, 0.3) is 5.91 Å². The lowest BCUT2D eigenvalue weighted by Crippen LogP contribution is -2.15. The number of nitro groups is 1. The van der Waals surface area contributed by atoms with Crippen LogP contribution in [0.2, 0.25) is 0 Å². The minimum Gasteiger partial charge on any atom is -0.317 e. The zero-order chi connectivity index (χ0) is 19.7. The summed E-state index contributed by atoms with van der Waals surface area (Å²) in [6.45, 7) is 6.21. The fourth-order valence-electron chi connectivity index (χ4n) is 2.84. The predicted molar refractivity (Wildman–Crippen MR) is 99.8 cm³/mol. The molecule has 140 valence electrons. The number of aryl methyl sites for hydroxylation is 3. The Morgan fingerprint density at radius 3 is 2.48 bits per heavy atom. The Balaban J connectivity index is 1.85. The van der Waals surface area contributed by atoms with E-state index < -0.39 is 10.8 Å². The first-order chi connectivity index (χ1) is 12.8. The van der Waals surface area contributed by atoms with E-state index in [4.69, 9.17) is 0 Å². The van der Waals surface area contributed by atoms with Crippen LogP contribution in [0.25, 0.3) is 0 Å². The van der Waals surface area contributed by atoms with Crippen LogP contribution in [0.5, 0.6) is 0 Å². The summed E-state index contributed by atoms with van der Waals surface area (Å²) >= 11 is 0. The van der Waals surface area contributed by atoms with Gasteiger partial charge >= 0.3 is 5.69 Å². The molecule has 1 amide bonds. The number of benzene rings is 1. The smallest absolute Gasteiger partial charge is 0.317 e. The lowest BCUT2D eigenvalue weighted by atomic mass is 10.1. The molecule has 0 spiro atoms. The van der Waals surface area contributed by atoms with Crippen molar-refractivity contribution in [3.05, 3.63) is 68.8 Å². The van der Waals surface area contributed by atoms with Crippen LogP contribution in [-0.2, 0) is 13.6 Å². The van der Waals surface area contributed by atoms with E-state index in [2.05, 4.69) is 15.5 Å². The molecule has 27 heavy (non-hydrogen) atoms. The molecule has 2 aromatic heterocycles. The van der Waals surface area contributed by atoms with E-state index in [0.29, 0.717) is 17.9 Å². The van der Waals surface area contributed by atoms with Gasteiger partial charge in [0.05, 0.1) is 28.5 Å². The lowest BCUT2D eigenvalue weighted by molar-refractivity contribution is -0.385. The van der Waals surface area contributed by atoms with Gasteiger partial charge in [-0.1, -0.05) is 29.8 Å². The average Bonchev–Trinajstić information content (AvgIpc) is 3.12. The zero-order valence-corrected chi connectivity index (χ0v) is 15.6. The highest BCUT2D eigenvalue weighted by molar-refractivity contribution is 6.06. The number of nitrogens with zero attached hydrogens (tertiary/aromatic N) is 5. The molecule has 1 N–H and O–H groups in total. The quantitative estimate of drug-likeness (QED) is 0.550. The number of carbonyl (C=O) groups excluding carboxylic acids is 1. The van der Waals surface area contributed by atoms with Crippen molar-refractivity contribution < 1.29 is 9.72 Å². The Hall–Kier alpha value is -3.49. The van der Waals surface area contributed by atoms with Crippen LogP contribution in [0.3, 0.4) is 0 Å². The molecule has 9 nitrogen and oxygen atoms in total. The number of rotatable bonds is 5. The third kappa shape index (κ3) is 3.71. The summed E-state index contributed by atoms with van der Waals surface area (Å²) in [7, 11) is 1.53. The second-order valence-electron chi connectivity index (χ2n) is 6.44. The van der Waals surface area contributed by atoms with Crippen LogP contribution in [0, 0.1) is 30.9 Å². The minimum absolute atomic E-state index is 0.229. The van der Waals surface area contributed by atoms with Crippen LogP contribution in [-0.4, -0.2) is 30.4 Å². The molecule has 0 radical (unpaired) electrons. The molecule has 0 fully saturated rings. The maximum Gasteiger partial charge on any atom is 0.320 e. The third-order valence-corrected chi connectivity index (χ3v) is 4.29. The first kappa shape index (κ1) is 18.3. The number of aromatic nitrogens is 4. The molecule has 9 heteroatoms. The Morgan fingerprint density at radius 2 is 1.85 bits per heavy atom. The summed E-state index contributed by atoms with van der Waals surface area (Å²) < 4.78 is 3.04. The number of anilines is 1. The number of amides is 1. The molecule has 3 aromatic rings. The Kier molecular flexibility index (Phi) is 4.76. The monoisotopic (exact) mass is 368 g/mol. The molecular weight excluding hydrogens is 348 g/mol. The second kappa shape index (κ2) is 7.02. The van der Waals surface area contributed by atoms with E-state index >= 15 is 0 Å². The van der Waals surface area contributed by atoms with Gasteiger partial charge in [0.15, 0.2) is 0 Å². The normalized spacial score (nSPS) is 10.8. The van der Waals surface area contributed by atoms with Crippen LogP contribution < -0.4 is 5.32 Å². The summed E-state index contributed by atoms with van der Waals surface area (Å²) in [6.07, 6.45) is 1.20. The summed E-state index contributed by atoms with van der Waals surface area (Å²) in [5.41, 5.74) is 3.63. The molecule has 0 saturated heterocycles. The predicted octanol–water partition coefficient (Wildman–Crippen LogP) is 2.75. The summed E-state index contributed by atoms with van der Waals surface area (Å²) in [4.78, 5) is 23.0. The van der Waals surface area contributed by atoms with Crippen molar-refractivity contribution in [3.8, 4) is 0 Å². The molecule has 3 rings (SSSR count). The van der Waals surface area contributed by atoms with Gasteiger partial charge in [-0.05, 0) is 26.3 Å². The molecule has 0 atom stereocenters. The van der Waals surface area contributed by atoms with E-state index in [-0.39, 0.29) is 11.4 Å². The highest BCUT2D eigenvalue weighted by atomic mass is 16.6. The molecule has 2 heterocycles. The van der Waals surface area contributed by atoms with Gasteiger partial charge in [0.1, 0.15) is 6.20 Å².